The first kappa shape index (κ1) is 17.2. The zero-order valence-corrected chi connectivity index (χ0v) is 14.3. The first-order chi connectivity index (χ1) is 10.6. The Bertz CT molecular complexity index is 561. The molecule has 5 nitrogen and oxygen atoms in total. The van der Waals surface area contributed by atoms with Crippen LogP contribution in [0.2, 0.25) is 0 Å². The van der Waals surface area contributed by atoms with E-state index in [4.69, 9.17) is 18.5 Å². The summed E-state index contributed by atoms with van der Waals surface area (Å²) < 4.78 is 34.7. The third kappa shape index (κ3) is 3.44. The van der Waals surface area contributed by atoms with Gasteiger partial charge in [0, 0.05) is 33.2 Å². The van der Waals surface area contributed by atoms with Gasteiger partial charge in [-0.2, -0.15) is 0 Å². The van der Waals surface area contributed by atoms with Gasteiger partial charge in [-0.05, 0) is 19.4 Å². The molecule has 1 aliphatic heterocycles. The van der Waals surface area contributed by atoms with Gasteiger partial charge in [0.2, 0.25) is 0 Å². The maximum absolute atomic E-state index is 12.9. The molecule has 6 heteroatoms. The van der Waals surface area contributed by atoms with Crippen molar-refractivity contribution in [2.75, 3.05) is 20.8 Å². The summed E-state index contributed by atoms with van der Waals surface area (Å²) in [5, 5.41) is 0.569. The van der Waals surface area contributed by atoms with Crippen molar-refractivity contribution in [2.24, 2.45) is 0 Å². The lowest BCUT2D eigenvalue weighted by molar-refractivity contribution is -0.125. The minimum Gasteiger partial charge on any atom is -0.469 e. The summed E-state index contributed by atoms with van der Waals surface area (Å²) in [6, 6.07) is 9.87. The number of benzene rings is 1. The Hall–Kier alpha value is -1.13. The van der Waals surface area contributed by atoms with Crippen molar-refractivity contribution in [2.45, 2.75) is 32.5 Å². The highest BCUT2D eigenvalue weighted by molar-refractivity contribution is 7.58. The number of rotatable bonds is 6. The van der Waals surface area contributed by atoms with Gasteiger partial charge in [0.25, 0.3) is 0 Å². The van der Waals surface area contributed by atoms with Crippen LogP contribution in [0.4, 0.5) is 0 Å². The van der Waals surface area contributed by atoms with E-state index in [1.165, 1.54) is 14.2 Å². The molecule has 2 atom stereocenters. The number of ether oxygens (including phenoxy) is 2. The van der Waals surface area contributed by atoms with Crippen LogP contribution in [0.15, 0.2) is 41.4 Å². The van der Waals surface area contributed by atoms with Crippen molar-refractivity contribution >= 4 is 7.60 Å². The van der Waals surface area contributed by atoms with E-state index in [0.29, 0.717) is 24.1 Å². The molecule has 1 heterocycles. The molecular formula is C16H23O5P. The van der Waals surface area contributed by atoms with Crippen molar-refractivity contribution in [3.05, 3.63) is 47.0 Å². The Balaban J connectivity index is 2.49. The molecule has 0 spiro atoms. The van der Waals surface area contributed by atoms with Gasteiger partial charge in [0.1, 0.15) is 5.76 Å². The van der Waals surface area contributed by atoms with E-state index in [9.17, 15) is 4.57 Å². The Morgan fingerprint density at radius 1 is 1.23 bits per heavy atom. The van der Waals surface area contributed by atoms with Crippen LogP contribution in [0.1, 0.15) is 31.7 Å². The summed E-state index contributed by atoms with van der Waals surface area (Å²) in [4.78, 5) is 0. The largest absolute Gasteiger partial charge is 0.469 e. The Morgan fingerprint density at radius 3 is 2.41 bits per heavy atom. The third-order valence-corrected chi connectivity index (χ3v) is 5.94. The number of hydrogen-bond acceptors (Lipinski definition) is 5. The van der Waals surface area contributed by atoms with E-state index in [1.54, 1.807) is 6.92 Å². The SMILES string of the molecule is CCOC1CC(c2ccccc2)C(P(=O)(OC)OC)=C(C)O1. The first-order valence-corrected chi connectivity index (χ1v) is 8.86. The topological polar surface area (TPSA) is 54.0 Å². The van der Waals surface area contributed by atoms with E-state index < -0.39 is 7.60 Å². The highest BCUT2D eigenvalue weighted by atomic mass is 31.2. The van der Waals surface area contributed by atoms with Crippen LogP contribution < -0.4 is 0 Å². The van der Waals surface area contributed by atoms with E-state index >= 15 is 0 Å². The summed E-state index contributed by atoms with van der Waals surface area (Å²) in [6.07, 6.45) is 0.211. The minimum absolute atomic E-state index is 0.128. The standard InChI is InChI=1S/C16H23O5P/c1-5-20-15-11-14(13-9-7-6-8-10-13)16(12(2)21-15)22(17,18-3)19-4/h6-10,14-15H,5,11H2,1-4H3. The fourth-order valence-corrected chi connectivity index (χ4v) is 4.39. The van der Waals surface area contributed by atoms with Crippen LogP contribution >= 0.6 is 7.60 Å². The summed E-state index contributed by atoms with van der Waals surface area (Å²) in [7, 11) is -0.600. The Morgan fingerprint density at radius 2 is 1.86 bits per heavy atom. The first-order valence-electron chi connectivity index (χ1n) is 7.31. The molecule has 0 aromatic heterocycles. The second-order valence-corrected chi connectivity index (χ2v) is 7.21. The van der Waals surface area contributed by atoms with Crippen molar-refractivity contribution in [1.29, 1.82) is 0 Å². The molecule has 0 saturated heterocycles. The van der Waals surface area contributed by atoms with Crippen molar-refractivity contribution in [1.82, 2.24) is 0 Å². The smallest absolute Gasteiger partial charge is 0.360 e. The highest BCUT2D eigenvalue weighted by Crippen LogP contribution is 2.63. The van der Waals surface area contributed by atoms with Crippen molar-refractivity contribution in [3.63, 3.8) is 0 Å². The monoisotopic (exact) mass is 326 g/mol. The molecule has 0 fully saturated rings. The zero-order chi connectivity index (χ0) is 16.2. The fourth-order valence-electron chi connectivity index (χ4n) is 2.78. The molecule has 2 unspecified atom stereocenters. The molecule has 0 aliphatic carbocycles. The van der Waals surface area contributed by atoms with Gasteiger partial charge in [0.05, 0.1) is 5.31 Å². The van der Waals surface area contributed by atoms with E-state index in [-0.39, 0.29) is 12.2 Å². The van der Waals surface area contributed by atoms with Gasteiger partial charge in [-0.25, -0.2) is 0 Å². The van der Waals surface area contributed by atoms with Crippen LogP contribution in [-0.2, 0) is 23.1 Å². The summed E-state index contributed by atoms with van der Waals surface area (Å²) in [5.74, 6) is 0.419. The third-order valence-electron chi connectivity index (χ3n) is 3.76. The fraction of sp³-hybridized carbons (Fsp3) is 0.500. The van der Waals surface area contributed by atoms with Gasteiger partial charge in [-0.1, -0.05) is 30.3 Å². The second-order valence-electron chi connectivity index (χ2n) is 5.01. The van der Waals surface area contributed by atoms with Crippen molar-refractivity contribution in [3.8, 4) is 0 Å². The van der Waals surface area contributed by atoms with Crippen LogP contribution in [0.3, 0.4) is 0 Å². The normalized spacial score (nSPS) is 22.5. The second kappa shape index (κ2) is 7.42. The highest BCUT2D eigenvalue weighted by Gasteiger charge is 2.42. The van der Waals surface area contributed by atoms with E-state index in [1.807, 2.05) is 37.3 Å². The Kier molecular flexibility index (Phi) is 5.81. The van der Waals surface area contributed by atoms with Gasteiger partial charge in [-0.3, -0.25) is 4.57 Å². The van der Waals surface area contributed by atoms with Gasteiger partial charge < -0.3 is 18.5 Å². The average Bonchev–Trinajstić information content (AvgIpc) is 2.55. The van der Waals surface area contributed by atoms with Crippen molar-refractivity contribution < 1.29 is 23.1 Å². The number of hydrogen-bond donors (Lipinski definition) is 0. The predicted molar refractivity (Wildman–Crippen MR) is 84.6 cm³/mol. The molecule has 1 aromatic carbocycles. The maximum Gasteiger partial charge on any atom is 0.360 e. The zero-order valence-electron chi connectivity index (χ0n) is 13.4. The molecule has 0 radical (unpaired) electrons. The molecule has 0 N–H and O–H groups in total. The van der Waals surface area contributed by atoms with E-state index in [0.717, 1.165) is 5.56 Å². The van der Waals surface area contributed by atoms with Crippen LogP contribution in [0, 0.1) is 0 Å². The van der Waals surface area contributed by atoms with Crippen LogP contribution in [-0.4, -0.2) is 27.1 Å². The molecule has 0 bridgehead atoms. The summed E-state index contributed by atoms with van der Waals surface area (Å²) in [5.41, 5.74) is 1.04. The molecular weight excluding hydrogens is 303 g/mol. The van der Waals surface area contributed by atoms with Gasteiger partial charge in [0.15, 0.2) is 6.29 Å². The molecule has 1 aromatic rings. The lowest BCUT2D eigenvalue weighted by atomic mass is 9.93. The molecule has 0 saturated carbocycles. The summed E-state index contributed by atoms with van der Waals surface area (Å²) in [6.45, 7) is 4.26. The molecule has 122 valence electrons. The predicted octanol–water partition coefficient (Wildman–Crippen LogP) is 4.27. The number of allylic oxidation sites excluding steroid dienone is 2. The van der Waals surface area contributed by atoms with Gasteiger partial charge in [-0.15, -0.1) is 0 Å². The lowest BCUT2D eigenvalue weighted by Gasteiger charge is -2.35. The Labute approximate surface area is 131 Å². The summed E-state index contributed by atoms with van der Waals surface area (Å²) >= 11 is 0. The van der Waals surface area contributed by atoms with Crippen LogP contribution in [0.5, 0.6) is 0 Å². The molecule has 0 amide bonds. The maximum atomic E-state index is 12.9. The van der Waals surface area contributed by atoms with E-state index in [2.05, 4.69) is 0 Å². The lowest BCUT2D eigenvalue weighted by Crippen LogP contribution is -2.27. The molecule has 22 heavy (non-hydrogen) atoms. The molecule has 1 aliphatic rings. The minimum atomic E-state index is -3.38. The average molecular weight is 326 g/mol. The quantitative estimate of drug-likeness (QED) is 0.731. The van der Waals surface area contributed by atoms with Crippen LogP contribution in [0.25, 0.3) is 0 Å². The van der Waals surface area contributed by atoms with Gasteiger partial charge >= 0.3 is 7.60 Å². The molecule has 2 rings (SSSR count).